The fourth-order valence-electron chi connectivity index (χ4n) is 1.22. The number of carbonyl (C=O) groups excluding carboxylic acids is 1. The Morgan fingerprint density at radius 2 is 1.81 bits per heavy atom. The Morgan fingerprint density at radius 1 is 1.25 bits per heavy atom. The molecule has 5 heteroatoms. The minimum atomic E-state index is -1.82. The van der Waals surface area contributed by atoms with E-state index in [-0.39, 0.29) is 5.78 Å². The summed E-state index contributed by atoms with van der Waals surface area (Å²) in [6, 6.07) is 3.25. The van der Waals surface area contributed by atoms with Crippen LogP contribution in [0.1, 0.15) is 17.3 Å². The summed E-state index contributed by atoms with van der Waals surface area (Å²) in [4.78, 5) is 11.4. The number of halogens is 2. The highest BCUT2D eigenvalue weighted by molar-refractivity contribution is 6.70. The summed E-state index contributed by atoms with van der Waals surface area (Å²) in [5.74, 6) is 0.340. The van der Waals surface area contributed by atoms with Crippen molar-refractivity contribution < 1.29 is 9.22 Å². The molecule has 0 aliphatic carbocycles. The summed E-state index contributed by atoms with van der Waals surface area (Å²) in [6.45, 7) is 7.55. The van der Waals surface area contributed by atoms with Gasteiger partial charge in [-0.15, -0.1) is 0 Å². The SMILES string of the molecule is CC(=O)c1ccc(Cl)c(Cl)c1O[Si](C)(C)C. The van der Waals surface area contributed by atoms with E-state index < -0.39 is 8.32 Å². The van der Waals surface area contributed by atoms with Crippen molar-refractivity contribution in [2.24, 2.45) is 0 Å². The lowest BCUT2D eigenvalue weighted by atomic mass is 10.1. The second-order valence-corrected chi connectivity index (χ2v) is 9.72. The molecule has 0 amide bonds. The number of hydrogen-bond donors (Lipinski definition) is 0. The van der Waals surface area contributed by atoms with Gasteiger partial charge in [0.2, 0.25) is 8.32 Å². The van der Waals surface area contributed by atoms with Crippen molar-refractivity contribution in [3.63, 3.8) is 0 Å². The van der Waals surface area contributed by atoms with Crippen molar-refractivity contribution in [3.05, 3.63) is 27.7 Å². The minimum Gasteiger partial charge on any atom is -0.543 e. The zero-order valence-electron chi connectivity index (χ0n) is 9.73. The minimum absolute atomic E-state index is 0.0770. The van der Waals surface area contributed by atoms with E-state index >= 15 is 0 Å². The zero-order chi connectivity index (χ0) is 12.5. The molecule has 0 aliphatic rings. The maximum Gasteiger partial charge on any atom is 0.242 e. The number of hydrogen-bond acceptors (Lipinski definition) is 2. The molecular formula is C11H14Cl2O2Si. The van der Waals surface area contributed by atoms with E-state index in [9.17, 15) is 4.79 Å². The van der Waals surface area contributed by atoms with Crippen LogP contribution in [-0.2, 0) is 0 Å². The first kappa shape index (κ1) is 13.6. The molecule has 0 atom stereocenters. The highest BCUT2D eigenvalue weighted by atomic mass is 35.5. The molecule has 0 N–H and O–H groups in total. The average molecular weight is 277 g/mol. The predicted octanol–water partition coefficient (Wildman–Crippen LogP) is 4.41. The molecule has 16 heavy (non-hydrogen) atoms. The summed E-state index contributed by atoms with van der Waals surface area (Å²) in [5.41, 5.74) is 0.483. The Kier molecular flexibility index (Phi) is 4.05. The van der Waals surface area contributed by atoms with E-state index in [0.29, 0.717) is 21.4 Å². The van der Waals surface area contributed by atoms with Crippen LogP contribution in [0.15, 0.2) is 12.1 Å². The van der Waals surface area contributed by atoms with Crippen molar-refractivity contribution >= 4 is 37.3 Å². The van der Waals surface area contributed by atoms with Gasteiger partial charge < -0.3 is 4.43 Å². The molecule has 0 spiro atoms. The Bertz CT molecular complexity index is 425. The molecule has 0 aliphatic heterocycles. The van der Waals surface area contributed by atoms with Crippen LogP contribution >= 0.6 is 23.2 Å². The standard InChI is InChI=1S/C11H14Cl2O2Si/c1-7(14)8-5-6-9(12)10(13)11(8)15-16(2,3)4/h5-6H,1-4H3. The Hall–Kier alpha value is -0.513. The van der Waals surface area contributed by atoms with Gasteiger partial charge in [0.25, 0.3) is 0 Å². The second kappa shape index (κ2) is 4.78. The molecule has 1 aromatic rings. The van der Waals surface area contributed by atoms with Gasteiger partial charge in [0, 0.05) is 0 Å². The van der Waals surface area contributed by atoms with Crippen molar-refractivity contribution in [1.82, 2.24) is 0 Å². The lowest BCUT2D eigenvalue weighted by molar-refractivity contribution is 0.101. The van der Waals surface area contributed by atoms with Crippen molar-refractivity contribution in [3.8, 4) is 5.75 Å². The lowest BCUT2D eigenvalue weighted by Gasteiger charge is -2.22. The highest BCUT2D eigenvalue weighted by Gasteiger charge is 2.22. The molecule has 1 rings (SSSR count). The van der Waals surface area contributed by atoms with Crippen LogP contribution in [-0.4, -0.2) is 14.1 Å². The van der Waals surface area contributed by atoms with E-state index in [0.717, 1.165) is 0 Å². The van der Waals surface area contributed by atoms with Gasteiger partial charge in [-0.3, -0.25) is 4.79 Å². The molecule has 0 aromatic heterocycles. The monoisotopic (exact) mass is 276 g/mol. The smallest absolute Gasteiger partial charge is 0.242 e. The fourth-order valence-corrected chi connectivity index (χ4v) is 2.46. The van der Waals surface area contributed by atoms with Crippen LogP contribution in [0.5, 0.6) is 5.75 Å². The van der Waals surface area contributed by atoms with Crippen LogP contribution in [0.4, 0.5) is 0 Å². The summed E-state index contributed by atoms with van der Waals surface area (Å²) in [7, 11) is -1.82. The number of ketones is 1. The van der Waals surface area contributed by atoms with E-state index in [2.05, 4.69) is 0 Å². The van der Waals surface area contributed by atoms with Gasteiger partial charge in [-0.25, -0.2) is 0 Å². The largest absolute Gasteiger partial charge is 0.543 e. The maximum absolute atomic E-state index is 11.4. The van der Waals surface area contributed by atoms with Crippen LogP contribution in [0.3, 0.4) is 0 Å². The molecular weight excluding hydrogens is 263 g/mol. The third kappa shape index (κ3) is 3.24. The Balaban J connectivity index is 3.32. The predicted molar refractivity (Wildman–Crippen MR) is 70.4 cm³/mol. The van der Waals surface area contributed by atoms with Crippen molar-refractivity contribution in [2.75, 3.05) is 0 Å². The lowest BCUT2D eigenvalue weighted by Crippen LogP contribution is -2.30. The maximum atomic E-state index is 11.4. The van der Waals surface area contributed by atoms with Crippen LogP contribution < -0.4 is 4.43 Å². The normalized spacial score (nSPS) is 11.4. The quantitative estimate of drug-likeness (QED) is 0.604. The van der Waals surface area contributed by atoms with Crippen molar-refractivity contribution in [1.29, 1.82) is 0 Å². The summed E-state index contributed by atoms with van der Waals surface area (Å²) >= 11 is 12.0. The van der Waals surface area contributed by atoms with Gasteiger partial charge in [0.1, 0.15) is 10.8 Å². The van der Waals surface area contributed by atoms with Crippen molar-refractivity contribution in [2.45, 2.75) is 26.6 Å². The van der Waals surface area contributed by atoms with E-state index in [1.807, 2.05) is 19.6 Å². The third-order valence-corrected chi connectivity index (χ3v) is 3.44. The number of Topliss-reactive ketones (excluding diaryl/α,β-unsaturated/α-hetero) is 1. The van der Waals surface area contributed by atoms with Gasteiger partial charge in [0.15, 0.2) is 5.78 Å². The molecule has 0 saturated heterocycles. The molecule has 0 saturated carbocycles. The van der Waals surface area contributed by atoms with E-state index in [4.69, 9.17) is 27.6 Å². The zero-order valence-corrected chi connectivity index (χ0v) is 12.2. The van der Waals surface area contributed by atoms with Crippen LogP contribution in [0.25, 0.3) is 0 Å². The van der Waals surface area contributed by atoms with E-state index in [1.54, 1.807) is 12.1 Å². The van der Waals surface area contributed by atoms with Crippen LogP contribution in [0, 0.1) is 0 Å². The number of benzene rings is 1. The molecule has 88 valence electrons. The van der Waals surface area contributed by atoms with Gasteiger partial charge >= 0.3 is 0 Å². The Labute approximate surface area is 107 Å². The first-order chi connectivity index (χ1) is 7.22. The molecule has 2 nitrogen and oxygen atoms in total. The molecule has 1 aromatic carbocycles. The highest BCUT2D eigenvalue weighted by Crippen LogP contribution is 2.36. The fraction of sp³-hybridized carbons (Fsp3) is 0.364. The average Bonchev–Trinajstić information content (AvgIpc) is 2.10. The summed E-state index contributed by atoms with van der Waals surface area (Å²) in [5, 5.41) is 0.719. The molecule has 0 bridgehead atoms. The van der Waals surface area contributed by atoms with Gasteiger partial charge in [-0.2, -0.15) is 0 Å². The van der Waals surface area contributed by atoms with Crippen LogP contribution in [0.2, 0.25) is 29.7 Å². The van der Waals surface area contributed by atoms with Gasteiger partial charge in [-0.05, 0) is 38.7 Å². The Morgan fingerprint density at radius 3 is 2.25 bits per heavy atom. The first-order valence-corrected chi connectivity index (χ1v) is 9.07. The number of carbonyl (C=O) groups is 1. The summed E-state index contributed by atoms with van der Waals surface area (Å²) in [6.07, 6.45) is 0. The van der Waals surface area contributed by atoms with Gasteiger partial charge in [0.05, 0.1) is 10.6 Å². The van der Waals surface area contributed by atoms with E-state index in [1.165, 1.54) is 6.92 Å². The first-order valence-electron chi connectivity index (χ1n) is 4.90. The molecule has 0 unspecified atom stereocenters. The summed E-state index contributed by atoms with van der Waals surface area (Å²) < 4.78 is 5.81. The number of rotatable bonds is 3. The third-order valence-electron chi connectivity index (χ3n) is 1.84. The molecule has 0 radical (unpaired) electrons. The molecule has 0 fully saturated rings. The second-order valence-electron chi connectivity index (χ2n) is 4.51. The molecule has 0 heterocycles. The topological polar surface area (TPSA) is 26.3 Å². The van der Waals surface area contributed by atoms with Gasteiger partial charge in [-0.1, -0.05) is 23.2 Å².